The van der Waals surface area contributed by atoms with Crippen molar-refractivity contribution < 1.29 is 4.79 Å². The molecular weight excluding hydrogens is 438 g/mol. The summed E-state index contributed by atoms with van der Waals surface area (Å²) in [6, 6.07) is 16.4. The lowest BCUT2D eigenvalue weighted by Crippen LogP contribution is -2.41. The summed E-state index contributed by atoms with van der Waals surface area (Å²) in [7, 11) is 0. The Hall–Kier alpha value is -1.85. The summed E-state index contributed by atoms with van der Waals surface area (Å²) in [6.45, 7) is 11.2. The number of carbonyl (C=O) groups excluding carboxylic acids is 1. The summed E-state index contributed by atoms with van der Waals surface area (Å²) in [4.78, 5) is 17.5. The fourth-order valence-corrected chi connectivity index (χ4v) is 4.03. The van der Waals surface area contributed by atoms with E-state index in [0.29, 0.717) is 6.54 Å². The van der Waals surface area contributed by atoms with E-state index in [-0.39, 0.29) is 11.4 Å². The first-order chi connectivity index (χ1) is 14.3. The van der Waals surface area contributed by atoms with Crippen molar-refractivity contribution in [3.05, 3.63) is 64.1 Å². The van der Waals surface area contributed by atoms with Crippen LogP contribution in [-0.4, -0.2) is 42.0 Å². The predicted molar refractivity (Wildman–Crippen MR) is 129 cm³/mol. The fourth-order valence-electron chi connectivity index (χ4n) is 3.76. The van der Waals surface area contributed by atoms with Crippen molar-refractivity contribution in [1.29, 1.82) is 0 Å². The maximum Gasteiger partial charge on any atom is 0.322 e. The third-order valence-corrected chi connectivity index (χ3v) is 6.24. The molecule has 0 saturated carbocycles. The second-order valence-electron chi connectivity index (χ2n) is 9.21. The SMILES string of the molecule is CC(C)(C)c1ccc(CN(CCN2CCCCC2)C(=O)Nc2ccc(Br)cc2)cc1. The highest BCUT2D eigenvalue weighted by Crippen LogP contribution is 2.23. The number of nitrogens with zero attached hydrogens (tertiary/aromatic N) is 2. The molecule has 1 aliphatic heterocycles. The van der Waals surface area contributed by atoms with E-state index >= 15 is 0 Å². The van der Waals surface area contributed by atoms with Crippen molar-refractivity contribution in [2.24, 2.45) is 0 Å². The first-order valence-corrected chi connectivity index (χ1v) is 11.7. The molecule has 1 aliphatic rings. The monoisotopic (exact) mass is 471 g/mol. The van der Waals surface area contributed by atoms with Gasteiger partial charge in [-0.15, -0.1) is 0 Å². The average Bonchev–Trinajstić information content (AvgIpc) is 2.73. The van der Waals surface area contributed by atoms with Gasteiger partial charge in [0.15, 0.2) is 0 Å². The quantitative estimate of drug-likeness (QED) is 0.538. The Morgan fingerprint density at radius 3 is 2.23 bits per heavy atom. The summed E-state index contributed by atoms with van der Waals surface area (Å²) in [5, 5.41) is 3.06. The molecule has 162 valence electrons. The van der Waals surface area contributed by atoms with Crippen LogP contribution in [0.25, 0.3) is 0 Å². The van der Waals surface area contributed by atoms with Gasteiger partial charge in [-0.25, -0.2) is 4.79 Å². The second-order valence-corrected chi connectivity index (χ2v) is 10.1. The Kier molecular flexibility index (Phi) is 7.95. The second kappa shape index (κ2) is 10.5. The van der Waals surface area contributed by atoms with Crippen LogP contribution < -0.4 is 5.32 Å². The Bertz CT molecular complexity index is 806. The normalized spacial score (nSPS) is 15.1. The number of anilines is 1. The average molecular weight is 472 g/mol. The van der Waals surface area contributed by atoms with E-state index in [2.05, 4.69) is 71.2 Å². The zero-order valence-electron chi connectivity index (χ0n) is 18.5. The van der Waals surface area contributed by atoms with E-state index in [4.69, 9.17) is 0 Å². The first-order valence-electron chi connectivity index (χ1n) is 10.9. The maximum atomic E-state index is 13.1. The molecule has 2 amide bonds. The van der Waals surface area contributed by atoms with Gasteiger partial charge in [0, 0.05) is 29.8 Å². The van der Waals surface area contributed by atoms with Crippen molar-refractivity contribution in [2.45, 2.75) is 52.0 Å². The van der Waals surface area contributed by atoms with Crippen LogP contribution in [0.1, 0.15) is 51.2 Å². The van der Waals surface area contributed by atoms with Crippen LogP contribution in [0.3, 0.4) is 0 Å². The van der Waals surface area contributed by atoms with Gasteiger partial charge in [0.2, 0.25) is 0 Å². The van der Waals surface area contributed by atoms with Crippen molar-refractivity contribution >= 4 is 27.6 Å². The Labute approximate surface area is 189 Å². The standard InChI is InChI=1S/C25H34BrN3O/c1-25(2,3)21-9-7-20(8-10-21)19-29(18-17-28-15-5-4-6-16-28)24(30)27-23-13-11-22(26)12-14-23/h7-14H,4-6,15-19H2,1-3H3,(H,27,30). The van der Waals surface area contributed by atoms with E-state index < -0.39 is 0 Å². The summed E-state index contributed by atoms with van der Waals surface area (Å²) >= 11 is 3.44. The molecule has 0 spiro atoms. The molecule has 2 aromatic rings. The van der Waals surface area contributed by atoms with Gasteiger partial charge in [0.1, 0.15) is 0 Å². The molecule has 30 heavy (non-hydrogen) atoms. The van der Waals surface area contributed by atoms with Crippen LogP contribution in [0.4, 0.5) is 10.5 Å². The molecule has 2 aromatic carbocycles. The minimum atomic E-state index is -0.0470. The highest BCUT2D eigenvalue weighted by Gasteiger charge is 2.18. The Balaban J connectivity index is 1.68. The number of benzene rings is 2. The van der Waals surface area contributed by atoms with Crippen LogP contribution in [0.15, 0.2) is 53.0 Å². The number of nitrogens with one attached hydrogen (secondary N) is 1. The van der Waals surface area contributed by atoms with Gasteiger partial charge >= 0.3 is 6.03 Å². The number of rotatable bonds is 6. The van der Waals surface area contributed by atoms with Crippen molar-refractivity contribution in [3.8, 4) is 0 Å². The van der Waals surface area contributed by atoms with Crippen LogP contribution in [0, 0.1) is 0 Å². The van der Waals surface area contributed by atoms with E-state index in [1.807, 2.05) is 29.2 Å². The van der Waals surface area contributed by atoms with Crippen molar-refractivity contribution in [2.75, 3.05) is 31.5 Å². The fraction of sp³-hybridized carbons (Fsp3) is 0.480. The smallest absolute Gasteiger partial charge is 0.319 e. The van der Waals surface area contributed by atoms with Gasteiger partial charge in [-0.1, -0.05) is 67.4 Å². The van der Waals surface area contributed by atoms with Gasteiger partial charge in [-0.05, 0) is 66.7 Å². The highest BCUT2D eigenvalue weighted by atomic mass is 79.9. The third-order valence-electron chi connectivity index (χ3n) is 5.71. The molecule has 0 aliphatic carbocycles. The molecule has 0 bridgehead atoms. The van der Waals surface area contributed by atoms with Gasteiger partial charge < -0.3 is 15.1 Å². The van der Waals surface area contributed by atoms with Gasteiger partial charge in [0.05, 0.1) is 0 Å². The number of halogens is 1. The topological polar surface area (TPSA) is 35.6 Å². The van der Waals surface area contributed by atoms with Crippen molar-refractivity contribution in [3.63, 3.8) is 0 Å². The number of hydrogen-bond donors (Lipinski definition) is 1. The molecule has 1 heterocycles. The minimum Gasteiger partial charge on any atom is -0.319 e. The largest absolute Gasteiger partial charge is 0.322 e. The molecule has 1 saturated heterocycles. The lowest BCUT2D eigenvalue weighted by molar-refractivity contribution is 0.178. The van der Waals surface area contributed by atoms with Crippen LogP contribution in [0.2, 0.25) is 0 Å². The van der Waals surface area contributed by atoms with Gasteiger partial charge in [-0.3, -0.25) is 0 Å². The van der Waals surface area contributed by atoms with E-state index in [1.165, 1.54) is 24.8 Å². The molecule has 0 aromatic heterocycles. The number of urea groups is 1. The molecule has 1 fully saturated rings. The third kappa shape index (κ3) is 6.85. The summed E-state index contributed by atoms with van der Waals surface area (Å²) in [6.07, 6.45) is 3.85. The Morgan fingerprint density at radius 1 is 1.00 bits per heavy atom. The maximum absolute atomic E-state index is 13.1. The molecule has 4 nitrogen and oxygen atoms in total. The summed E-state index contributed by atoms with van der Waals surface area (Å²) < 4.78 is 1.00. The molecular formula is C25H34BrN3O. The summed E-state index contributed by atoms with van der Waals surface area (Å²) in [5.41, 5.74) is 3.41. The minimum absolute atomic E-state index is 0.0470. The van der Waals surface area contributed by atoms with Gasteiger partial charge in [0.25, 0.3) is 0 Å². The zero-order chi connectivity index (χ0) is 21.6. The zero-order valence-corrected chi connectivity index (χ0v) is 20.0. The molecule has 0 radical (unpaired) electrons. The van der Waals surface area contributed by atoms with E-state index in [9.17, 15) is 4.79 Å². The molecule has 5 heteroatoms. The first kappa shape index (κ1) is 22.8. The highest BCUT2D eigenvalue weighted by molar-refractivity contribution is 9.10. The van der Waals surface area contributed by atoms with E-state index in [0.717, 1.165) is 41.9 Å². The lowest BCUT2D eigenvalue weighted by Gasteiger charge is -2.30. The van der Waals surface area contributed by atoms with Crippen LogP contribution in [-0.2, 0) is 12.0 Å². The molecule has 0 atom stereocenters. The lowest BCUT2D eigenvalue weighted by atomic mass is 9.87. The van der Waals surface area contributed by atoms with Gasteiger partial charge in [-0.2, -0.15) is 0 Å². The molecule has 1 N–H and O–H groups in total. The number of piperidine rings is 1. The summed E-state index contributed by atoms with van der Waals surface area (Å²) in [5.74, 6) is 0. The number of amides is 2. The molecule has 0 unspecified atom stereocenters. The van der Waals surface area contributed by atoms with Crippen molar-refractivity contribution in [1.82, 2.24) is 9.80 Å². The number of carbonyl (C=O) groups is 1. The molecule has 3 rings (SSSR count). The van der Waals surface area contributed by atoms with Crippen LogP contribution in [0.5, 0.6) is 0 Å². The Morgan fingerprint density at radius 2 is 1.63 bits per heavy atom. The van der Waals surface area contributed by atoms with Crippen LogP contribution >= 0.6 is 15.9 Å². The number of hydrogen-bond acceptors (Lipinski definition) is 2. The van der Waals surface area contributed by atoms with E-state index in [1.54, 1.807) is 0 Å². The number of likely N-dealkylation sites (tertiary alicyclic amines) is 1. The predicted octanol–water partition coefficient (Wildman–Crippen LogP) is 6.27.